The lowest BCUT2D eigenvalue weighted by molar-refractivity contribution is -0.114. The van der Waals surface area contributed by atoms with Crippen molar-refractivity contribution in [2.45, 2.75) is 6.54 Å². The number of hydrogen-bond acceptors (Lipinski definition) is 3. The molecule has 3 rings (SSSR count). The standard InChI is InChI=1S/C17H14BrFN2O2/c1-20(9-11-2-5-13(19)6-3-11)10-21-15-8-12(18)4-7-14(15)16(22)17(21)23/h2-8H,9-10H2,1H3. The van der Waals surface area contributed by atoms with E-state index in [0.717, 1.165) is 10.0 Å². The van der Waals surface area contributed by atoms with Crippen LogP contribution >= 0.6 is 15.9 Å². The molecule has 6 heteroatoms. The molecule has 0 aliphatic carbocycles. The fourth-order valence-corrected chi connectivity index (χ4v) is 2.95. The van der Waals surface area contributed by atoms with Gasteiger partial charge in [-0.25, -0.2) is 4.39 Å². The number of ketones is 1. The third-order valence-corrected chi connectivity index (χ3v) is 4.18. The number of carbonyl (C=O) groups excluding carboxylic acids is 2. The molecule has 0 N–H and O–H groups in total. The van der Waals surface area contributed by atoms with Crippen LogP contribution in [0.5, 0.6) is 0 Å². The molecule has 0 aromatic heterocycles. The van der Waals surface area contributed by atoms with Crippen LogP contribution in [0.1, 0.15) is 15.9 Å². The Labute approximate surface area is 141 Å². The maximum Gasteiger partial charge on any atom is 0.300 e. The fraction of sp³-hybridized carbons (Fsp3) is 0.176. The molecule has 0 fully saturated rings. The van der Waals surface area contributed by atoms with E-state index in [9.17, 15) is 14.0 Å². The van der Waals surface area contributed by atoms with Crippen molar-refractivity contribution in [1.29, 1.82) is 0 Å². The molecule has 1 amide bonds. The van der Waals surface area contributed by atoms with Crippen molar-refractivity contribution in [2.75, 3.05) is 18.6 Å². The predicted octanol–water partition coefficient (Wildman–Crippen LogP) is 3.21. The van der Waals surface area contributed by atoms with Crippen molar-refractivity contribution in [3.8, 4) is 0 Å². The van der Waals surface area contributed by atoms with Crippen LogP contribution in [0.4, 0.5) is 10.1 Å². The van der Waals surface area contributed by atoms with Gasteiger partial charge < -0.3 is 0 Å². The van der Waals surface area contributed by atoms with E-state index in [1.807, 2.05) is 11.9 Å². The number of nitrogens with zero attached hydrogens (tertiary/aromatic N) is 2. The zero-order chi connectivity index (χ0) is 16.6. The van der Waals surface area contributed by atoms with Gasteiger partial charge in [-0.05, 0) is 42.9 Å². The van der Waals surface area contributed by atoms with Crippen molar-refractivity contribution in [1.82, 2.24) is 4.90 Å². The molecular formula is C17H14BrFN2O2. The van der Waals surface area contributed by atoms with Gasteiger partial charge in [0, 0.05) is 11.0 Å². The van der Waals surface area contributed by atoms with Crippen molar-refractivity contribution < 1.29 is 14.0 Å². The Kier molecular flexibility index (Phi) is 4.28. The SMILES string of the molecule is CN(Cc1ccc(F)cc1)CN1C(=O)C(=O)c2ccc(Br)cc21. The first kappa shape index (κ1) is 15.8. The number of hydrogen-bond donors (Lipinski definition) is 0. The zero-order valence-corrected chi connectivity index (χ0v) is 14.0. The molecule has 0 radical (unpaired) electrons. The van der Waals surface area contributed by atoms with Crippen molar-refractivity contribution >= 4 is 33.3 Å². The number of halogens is 2. The molecule has 23 heavy (non-hydrogen) atoms. The number of fused-ring (bicyclic) bond motifs is 1. The molecule has 4 nitrogen and oxygen atoms in total. The van der Waals surface area contributed by atoms with Crippen LogP contribution in [-0.2, 0) is 11.3 Å². The van der Waals surface area contributed by atoms with Gasteiger partial charge in [-0.3, -0.25) is 19.4 Å². The van der Waals surface area contributed by atoms with Gasteiger partial charge in [-0.2, -0.15) is 0 Å². The Balaban J connectivity index is 1.77. The van der Waals surface area contributed by atoms with Crippen LogP contribution in [-0.4, -0.2) is 30.3 Å². The summed E-state index contributed by atoms with van der Waals surface area (Å²) < 4.78 is 13.8. The van der Waals surface area contributed by atoms with Gasteiger partial charge in [-0.15, -0.1) is 0 Å². The number of rotatable bonds is 4. The predicted molar refractivity (Wildman–Crippen MR) is 88.7 cm³/mol. The number of anilines is 1. The van der Waals surface area contributed by atoms with Gasteiger partial charge in [0.2, 0.25) is 0 Å². The summed E-state index contributed by atoms with van der Waals surface area (Å²) in [6.07, 6.45) is 0. The average Bonchev–Trinajstić information content (AvgIpc) is 2.74. The highest BCUT2D eigenvalue weighted by molar-refractivity contribution is 9.10. The zero-order valence-electron chi connectivity index (χ0n) is 12.4. The molecule has 118 valence electrons. The Morgan fingerprint density at radius 3 is 2.52 bits per heavy atom. The molecule has 0 saturated carbocycles. The molecule has 2 aromatic carbocycles. The minimum absolute atomic E-state index is 0.282. The van der Waals surface area contributed by atoms with E-state index in [4.69, 9.17) is 0 Å². The van der Waals surface area contributed by atoms with Gasteiger partial charge in [0.1, 0.15) is 5.82 Å². The van der Waals surface area contributed by atoms with E-state index in [1.54, 1.807) is 30.3 Å². The summed E-state index contributed by atoms with van der Waals surface area (Å²) in [6, 6.07) is 11.4. The van der Waals surface area contributed by atoms with E-state index in [1.165, 1.54) is 17.0 Å². The van der Waals surface area contributed by atoms with Gasteiger partial charge in [0.25, 0.3) is 5.78 Å². The van der Waals surface area contributed by atoms with E-state index in [-0.39, 0.29) is 12.5 Å². The third-order valence-electron chi connectivity index (χ3n) is 3.68. The minimum atomic E-state index is -0.524. The molecular weight excluding hydrogens is 363 g/mol. The lowest BCUT2D eigenvalue weighted by Crippen LogP contribution is -2.38. The number of amides is 1. The van der Waals surface area contributed by atoms with Crippen LogP contribution in [0.25, 0.3) is 0 Å². The minimum Gasteiger partial charge on any atom is -0.291 e. The van der Waals surface area contributed by atoms with Crippen molar-refractivity contribution in [3.05, 3.63) is 63.9 Å². The number of carbonyl (C=O) groups is 2. The Morgan fingerprint density at radius 2 is 1.83 bits per heavy atom. The van der Waals surface area contributed by atoms with E-state index >= 15 is 0 Å². The van der Waals surface area contributed by atoms with E-state index in [0.29, 0.717) is 17.8 Å². The lowest BCUT2D eigenvalue weighted by Gasteiger charge is -2.24. The summed E-state index contributed by atoms with van der Waals surface area (Å²) >= 11 is 3.36. The number of benzene rings is 2. The first-order chi connectivity index (χ1) is 11.0. The second-order valence-electron chi connectivity index (χ2n) is 5.51. The molecule has 2 aromatic rings. The molecule has 0 saturated heterocycles. The molecule has 1 aliphatic heterocycles. The smallest absolute Gasteiger partial charge is 0.291 e. The van der Waals surface area contributed by atoms with Crippen LogP contribution in [0, 0.1) is 5.82 Å². The van der Waals surface area contributed by atoms with Gasteiger partial charge in [-0.1, -0.05) is 28.1 Å². The topological polar surface area (TPSA) is 40.6 Å². The summed E-state index contributed by atoms with van der Waals surface area (Å²) in [5.74, 6) is -1.29. The van der Waals surface area contributed by atoms with Gasteiger partial charge in [0.15, 0.2) is 0 Å². The van der Waals surface area contributed by atoms with Crippen LogP contribution < -0.4 is 4.90 Å². The van der Waals surface area contributed by atoms with Gasteiger partial charge in [0.05, 0.1) is 17.9 Å². The Morgan fingerprint density at radius 1 is 1.13 bits per heavy atom. The van der Waals surface area contributed by atoms with Crippen molar-refractivity contribution in [2.24, 2.45) is 0 Å². The summed E-state index contributed by atoms with van der Waals surface area (Å²) in [5.41, 5.74) is 1.97. The highest BCUT2D eigenvalue weighted by atomic mass is 79.9. The molecule has 1 aliphatic rings. The van der Waals surface area contributed by atoms with Crippen molar-refractivity contribution in [3.63, 3.8) is 0 Å². The van der Waals surface area contributed by atoms with E-state index < -0.39 is 11.7 Å². The Hall–Kier alpha value is -2.05. The summed E-state index contributed by atoms with van der Waals surface area (Å²) in [4.78, 5) is 27.6. The second kappa shape index (κ2) is 6.22. The molecule has 0 spiro atoms. The van der Waals surface area contributed by atoms with E-state index in [2.05, 4.69) is 15.9 Å². The largest absolute Gasteiger partial charge is 0.300 e. The quantitative estimate of drug-likeness (QED) is 0.769. The summed E-state index contributed by atoms with van der Waals surface area (Å²) in [6.45, 7) is 0.826. The molecule has 1 heterocycles. The van der Waals surface area contributed by atoms with Crippen LogP contribution in [0.15, 0.2) is 46.9 Å². The lowest BCUT2D eigenvalue weighted by atomic mass is 10.1. The normalized spacial score (nSPS) is 13.8. The molecule has 0 atom stereocenters. The number of Topliss-reactive ketones (excluding diaryl/α,β-unsaturated/α-hetero) is 1. The monoisotopic (exact) mass is 376 g/mol. The highest BCUT2D eigenvalue weighted by Gasteiger charge is 2.36. The molecule has 0 bridgehead atoms. The first-order valence-electron chi connectivity index (χ1n) is 7.04. The second-order valence-corrected chi connectivity index (χ2v) is 6.42. The Bertz CT molecular complexity index is 777. The average molecular weight is 377 g/mol. The first-order valence-corrected chi connectivity index (χ1v) is 7.84. The third kappa shape index (κ3) is 3.18. The fourth-order valence-electron chi connectivity index (χ4n) is 2.60. The maximum atomic E-state index is 12.9. The van der Waals surface area contributed by atoms with Crippen LogP contribution in [0.2, 0.25) is 0 Å². The molecule has 0 unspecified atom stereocenters. The summed E-state index contributed by atoms with van der Waals surface area (Å²) in [5, 5.41) is 0. The van der Waals surface area contributed by atoms with Crippen LogP contribution in [0.3, 0.4) is 0 Å². The maximum absolute atomic E-state index is 12.9. The van der Waals surface area contributed by atoms with Gasteiger partial charge >= 0.3 is 5.91 Å². The summed E-state index contributed by atoms with van der Waals surface area (Å²) in [7, 11) is 1.84. The highest BCUT2D eigenvalue weighted by Crippen LogP contribution is 2.31.